The molecule has 2 heterocycles. The molecule has 2 aromatic rings. The van der Waals surface area contributed by atoms with E-state index in [0.29, 0.717) is 12.0 Å². The third kappa shape index (κ3) is 2.46. The van der Waals surface area contributed by atoms with Gasteiger partial charge in [0.05, 0.1) is 6.54 Å². The molecule has 27 heavy (non-hydrogen) atoms. The lowest BCUT2D eigenvalue weighted by Crippen LogP contribution is -2.46. The second kappa shape index (κ2) is 6.02. The van der Waals surface area contributed by atoms with E-state index in [0.717, 1.165) is 47.4 Å². The Morgan fingerprint density at radius 2 is 1.96 bits per heavy atom. The van der Waals surface area contributed by atoms with Gasteiger partial charge in [0.1, 0.15) is 5.54 Å². The molecule has 5 nitrogen and oxygen atoms in total. The number of benzene rings is 1. The Hall–Kier alpha value is -2.47. The maximum Gasteiger partial charge on any atom is 0.325 e. The van der Waals surface area contributed by atoms with Crippen LogP contribution in [-0.4, -0.2) is 29.2 Å². The molecular formula is C21H20N2O3S. The molecule has 1 aromatic heterocycles. The van der Waals surface area contributed by atoms with Crippen LogP contribution in [0, 0.1) is 0 Å². The van der Waals surface area contributed by atoms with Gasteiger partial charge >= 0.3 is 6.03 Å². The molecule has 0 unspecified atom stereocenters. The minimum absolute atomic E-state index is 0.188. The number of thiophene rings is 1. The molecule has 0 radical (unpaired) electrons. The summed E-state index contributed by atoms with van der Waals surface area (Å²) in [5, 5.41) is 4.87. The Bertz CT molecular complexity index is 980. The van der Waals surface area contributed by atoms with Crippen molar-refractivity contribution >= 4 is 29.1 Å². The molecule has 1 saturated heterocycles. The number of Topliss-reactive ketones (excluding diaryl/α,β-unsaturated/α-hetero) is 1. The van der Waals surface area contributed by atoms with Crippen molar-refractivity contribution < 1.29 is 14.4 Å². The molecule has 3 amide bonds. The maximum atomic E-state index is 13.2. The van der Waals surface area contributed by atoms with Gasteiger partial charge < -0.3 is 5.32 Å². The summed E-state index contributed by atoms with van der Waals surface area (Å²) < 4.78 is 0. The van der Waals surface area contributed by atoms with Crippen molar-refractivity contribution in [1.29, 1.82) is 0 Å². The highest BCUT2D eigenvalue weighted by Crippen LogP contribution is 2.42. The van der Waals surface area contributed by atoms with E-state index in [4.69, 9.17) is 0 Å². The average Bonchev–Trinajstić information content (AvgIpc) is 3.37. The van der Waals surface area contributed by atoms with Crippen LogP contribution in [0.2, 0.25) is 0 Å². The largest absolute Gasteiger partial charge is 0.325 e. The van der Waals surface area contributed by atoms with Gasteiger partial charge in [0.15, 0.2) is 5.78 Å². The molecule has 0 bridgehead atoms. The zero-order valence-corrected chi connectivity index (χ0v) is 15.7. The Kier molecular flexibility index (Phi) is 3.72. The summed E-state index contributed by atoms with van der Waals surface area (Å²) in [6, 6.07) is 7.22. The Balaban J connectivity index is 1.41. The van der Waals surface area contributed by atoms with Crippen molar-refractivity contribution in [2.45, 2.75) is 44.1 Å². The summed E-state index contributed by atoms with van der Waals surface area (Å²) in [6.45, 7) is -0.204. The van der Waals surface area contributed by atoms with E-state index in [-0.39, 0.29) is 18.2 Å². The molecule has 1 atom stereocenters. The number of nitrogens with one attached hydrogen (secondary N) is 1. The number of carbonyl (C=O) groups excluding carboxylic acids is 3. The van der Waals surface area contributed by atoms with Crippen molar-refractivity contribution in [2.24, 2.45) is 0 Å². The van der Waals surface area contributed by atoms with E-state index in [1.807, 2.05) is 29.6 Å². The fourth-order valence-electron chi connectivity index (χ4n) is 4.67. The van der Waals surface area contributed by atoms with Crippen LogP contribution in [0.3, 0.4) is 0 Å². The predicted octanol–water partition coefficient (Wildman–Crippen LogP) is 3.20. The molecule has 1 spiro atoms. The first-order valence-electron chi connectivity index (χ1n) is 9.44. The molecule has 138 valence electrons. The molecule has 6 heteroatoms. The Morgan fingerprint density at radius 3 is 2.85 bits per heavy atom. The lowest BCUT2D eigenvalue weighted by molar-refractivity contribution is -0.131. The first-order chi connectivity index (χ1) is 13.1. The average molecular weight is 380 g/mol. The number of aryl methyl sites for hydroxylation is 3. The molecule has 1 aliphatic heterocycles. The highest BCUT2D eigenvalue weighted by molar-refractivity contribution is 7.10. The molecule has 1 aromatic carbocycles. The molecular weight excluding hydrogens is 360 g/mol. The topological polar surface area (TPSA) is 66.5 Å². The van der Waals surface area contributed by atoms with Gasteiger partial charge in [-0.1, -0.05) is 12.1 Å². The summed E-state index contributed by atoms with van der Waals surface area (Å²) in [5.41, 5.74) is 3.02. The number of hydrogen-bond donors (Lipinski definition) is 1. The number of fused-ring (bicyclic) bond motifs is 3. The second-order valence-corrected chi connectivity index (χ2v) is 8.60. The fourth-order valence-corrected chi connectivity index (χ4v) is 5.66. The molecule has 1 N–H and O–H groups in total. The second-order valence-electron chi connectivity index (χ2n) is 7.60. The van der Waals surface area contributed by atoms with Crippen LogP contribution in [0.25, 0.3) is 0 Å². The number of carbonyl (C=O) groups is 3. The quantitative estimate of drug-likeness (QED) is 0.657. The summed E-state index contributed by atoms with van der Waals surface area (Å²) >= 11 is 1.62. The van der Waals surface area contributed by atoms with Gasteiger partial charge in [-0.05, 0) is 67.2 Å². The van der Waals surface area contributed by atoms with Gasteiger partial charge in [0.25, 0.3) is 5.91 Å². The molecule has 0 saturated carbocycles. The lowest BCUT2D eigenvalue weighted by atomic mass is 9.80. The molecule has 2 aliphatic carbocycles. The predicted molar refractivity (Wildman–Crippen MR) is 102 cm³/mol. The summed E-state index contributed by atoms with van der Waals surface area (Å²) in [4.78, 5) is 40.8. The van der Waals surface area contributed by atoms with Gasteiger partial charge in [-0.15, -0.1) is 11.3 Å². The van der Waals surface area contributed by atoms with Crippen molar-refractivity contribution in [3.8, 4) is 0 Å². The zero-order valence-electron chi connectivity index (χ0n) is 14.9. The van der Waals surface area contributed by atoms with E-state index >= 15 is 0 Å². The Labute approximate surface area is 161 Å². The SMILES string of the molecule is O=C(CN1C(=O)N[C@]2(CCCc3sccc32)C1=O)c1ccc2c(c1)CCC2. The minimum atomic E-state index is -0.983. The van der Waals surface area contributed by atoms with Gasteiger partial charge in [0, 0.05) is 16.0 Å². The van der Waals surface area contributed by atoms with E-state index in [9.17, 15) is 14.4 Å². The number of urea groups is 1. The van der Waals surface area contributed by atoms with E-state index in [2.05, 4.69) is 5.32 Å². The zero-order chi connectivity index (χ0) is 18.6. The molecule has 1 fully saturated rings. The van der Waals surface area contributed by atoms with Crippen LogP contribution in [0.4, 0.5) is 4.79 Å². The Morgan fingerprint density at radius 1 is 1.11 bits per heavy atom. The van der Waals surface area contributed by atoms with Crippen LogP contribution in [0.1, 0.15) is 51.2 Å². The van der Waals surface area contributed by atoms with E-state index in [1.54, 1.807) is 11.3 Å². The number of nitrogens with zero attached hydrogens (tertiary/aromatic N) is 1. The smallest absolute Gasteiger partial charge is 0.319 e. The third-order valence-electron chi connectivity index (χ3n) is 6.06. The number of hydrogen-bond acceptors (Lipinski definition) is 4. The summed E-state index contributed by atoms with van der Waals surface area (Å²) in [7, 11) is 0. The van der Waals surface area contributed by atoms with E-state index in [1.165, 1.54) is 11.1 Å². The minimum Gasteiger partial charge on any atom is -0.319 e. The lowest BCUT2D eigenvalue weighted by Gasteiger charge is -2.31. The molecule has 5 rings (SSSR count). The first kappa shape index (κ1) is 16.7. The maximum absolute atomic E-state index is 13.2. The van der Waals surface area contributed by atoms with E-state index < -0.39 is 11.6 Å². The van der Waals surface area contributed by atoms with Crippen LogP contribution in [-0.2, 0) is 29.6 Å². The van der Waals surface area contributed by atoms with Crippen LogP contribution < -0.4 is 5.32 Å². The summed E-state index contributed by atoms with van der Waals surface area (Å²) in [6.07, 6.45) is 5.54. The standard InChI is InChI=1S/C21H20N2O3S/c24-17(15-7-6-13-3-1-4-14(13)11-15)12-23-19(25)21(22-20(23)26)9-2-5-18-16(21)8-10-27-18/h6-8,10-11H,1-5,9,12H2,(H,22,26)/t21-/m0/s1. The fraction of sp³-hybridized carbons (Fsp3) is 0.381. The van der Waals surface area contributed by atoms with Crippen molar-refractivity contribution in [1.82, 2.24) is 10.2 Å². The van der Waals surface area contributed by atoms with Gasteiger partial charge in [0.2, 0.25) is 0 Å². The first-order valence-corrected chi connectivity index (χ1v) is 10.3. The number of imide groups is 1. The van der Waals surface area contributed by atoms with Crippen molar-refractivity contribution in [2.75, 3.05) is 6.54 Å². The number of ketones is 1. The van der Waals surface area contributed by atoms with Crippen LogP contribution >= 0.6 is 11.3 Å². The highest BCUT2D eigenvalue weighted by Gasteiger charge is 2.54. The monoisotopic (exact) mass is 380 g/mol. The van der Waals surface area contributed by atoms with Gasteiger partial charge in [-0.2, -0.15) is 0 Å². The van der Waals surface area contributed by atoms with Gasteiger partial charge in [-0.3, -0.25) is 14.5 Å². The van der Waals surface area contributed by atoms with Crippen LogP contribution in [0.5, 0.6) is 0 Å². The number of rotatable bonds is 3. The van der Waals surface area contributed by atoms with Crippen molar-refractivity contribution in [3.05, 3.63) is 56.8 Å². The van der Waals surface area contributed by atoms with Crippen molar-refractivity contribution in [3.63, 3.8) is 0 Å². The van der Waals surface area contributed by atoms with Gasteiger partial charge in [-0.25, -0.2) is 4.79 Å². The third-order valence-corrected chi connectivity index (χ3v) is 7.04. The highest BCUT2D eigenvalue weighted by atomic mass is 32.1. The normalized spacial score (nSPS) is 23.5. The summed E-state index contributed by atoms with van der Waals surface area (Å²) in [5.74, 6) is -0.479. The molecule has 3 aliphatic rings. The van der Waals surface area contributed by atoms with Crippen LogP contribution in [0.15, 0.2) is 29.6 Å². The number of amides is 3.